The van der Waals surface area contributed by atoms with Crippen molar-refractivity contribution in [2.45, 2.75) is 193 Å². The van der Waals surface area contributed by atoms with Gasteiger partial charge in [-0.2, -0.15) is 0 Å². The fourth-order valence-corrected chi connectivity index (χ4v) is 6.04. The molecule has 49 heavy (non-hydrogen) atoms. The van der Waals surface area contributed by atoms with E-state index >= 15 is 0 Å². The monoisotopic (exact) mass is 698 g/mol. The summed E-state index contributed by atoms with van der Waals surface area (Å²) < 4.78 is 35.5. The van der Waals surface area contributed by atoms with Crippen molar-refractivity contribution in [3.05, 3.63) is 12.2 Å². The number of hydrogen-bond donors (Lipinski definition) is 2. The molecule has 0 unspecified atom stereocenters. The first-order valence-corrected chi connectivity index (χ1v) is 20.5. The highest BCUT2D eigenvalue weighted by Gasteiger charge is 2.29. The summed E-state index contributed by atoms with van der Waals surface area (Å²) in [6.45, 7) is 7.80. The van der Waals surface area contributed by atoms with E-state index in [0.29, 0.717) is 32.8 Å². The van der Waals surface area contributed by atoms with Crippen molar-refractivity contribution < 1.29 is 28.4 Å². The Hall–Kier alpha value is -1.23. The van der Waals surface area contributed by atoms with Crippen LogP contribution in [0.4, 0.5) is 0 Å². The molecule has 0 saturated heterocycles. The third-order valence-corrected chi connectivity index (χ3v) is 9.09. The lowest BCUT2D eigenvalue weighted by atomic mass is 10.1. The molecular weight excluding hydrogens is 618 g/mol. The van der Waals surface area contributed by atoms with Crippen LogP contribution in [-0.4, -0.2) is 71.0 Å². The molecule has 0 fully saturated rings. The van der Waals surface area contributed by atoms with E-state index in [2.05, 4.69) is 18.8 Å². The van der Waals surface area contributed by atoms with Crippen molar-refractivity contribution in [3.63, 3.8) is 0 Å². The Morgan fingerprint density at radius 1 is 0.531 bits per heavy atom. The van der Waals surface area contributed by atoms with Crippen LogP contribution >= 0.6 is 0 Å². The Kier molecular flexibility index (Phi) is 34.2. The Morgan fingerprint density at radius 3 is 1.49 bits per heavy atom. The Morgan fingerprint density at radius 2 is 1.00 bits per heavy atom. The van der Waals surface area contributed by atoms with E-state index in [9.17, 15) is 0 Å². The molecule has 0 radical (unpaired) electrons. The number of nitrogens with two attached hydrogens (primary N) is 2. The van der Waals surface area contributed by atoms with E-state index in [0.717, 1.165) is 19.4 Å². The minimum Gasteiger partial charge on any atom is -0.370 e. The normalized spacial score (nSPS) is 17.6. The van der Waals surface area contributed by atoms with Gasteiger partial charge in [0.05, 0.1) is 13.2 Å². The number of ether oxygens (including phenoxy) is 6. The molecule has 0 saturated carbocycles. The molecular formula is C40H79N3O6. The van der Waals surface area contributed by atoms with Crippen LogP contribution in [-0.2, 0) is 28.4 Å². The van der Waals surface area contributed by atoms with Crippen molar-refractivity contribution in [2.24, 2.45) is 16.5 Å². The van der Waals surface area contributed by atoms with Crippen LogP contribution in [0, 0.1) is 0 Å². The van der Waals surface area contributed by atoms with E-state index in [1.54, 1.807) is 0 Å². The van der Waals surface area contributed by atoms with Gasteiger partial charge < -0.3 is 39.9 Å². The highest BCUT2D eigenvalue weighted by Crippen LogP contribution is 2.19. The van der Waals surface area contributed by atoms with E-state index in [1.165, 1.54) is 141 Å². The standard InChI is InChI=1S/C40H79N3O6/c1-3-5-7-9-11-13-15-17-19-21-23-25-31-44-35-46-34-38-37(28-29-39(49-38)47-33-27-30-43-40(41)42)48-36-45-32-26-24-22-20-18-16-14-12-10-8-6-4-2/h28-29,37-39H,3-27,30-36H2,1-2H3,(H4,41,42,43)/t37-,38+,39-/m0/s1. The Labute approximate surface area is 302 Å². The summed E-state index contributed by atoms with van der Waals surface area (Å²) in [4.78, 5) is 4.00. The zero-order valence-electron chi connectivity index (χ0n) is 32.1. The lowest BCUT2D eigenvalue weighted by molar-refractivity contribution is -0.213. The van der Waals surface area contributed by atoms with Crippen molar-refractivity contribution >= 4 is 5.96 Å². The number of aliphatic imine (C=N–C) groups is 1. The molecule has 1 rings (SSSR count). The molecule has 0 aliphatic carbocycles. The van der Waals surface area contributed by atoms with Crippen LogP contribution in [0.2, 0.25) is 0 Å². The first-order valence-electron chi connectivity index (χ1n) is 20.5. The number of unbranched alkanes of at least 4 members (excludes halogenated alkanes) is 22. The maximum absolute atomic E-state index is 6.17. The van der Waals surface area contributed by atoms with Gasteiger partial charge in [0.2, 0.25) is 0 Å². The van der Waals surface area contributed by atoms with Gasteiger partial charge in [-0.3, -0.25) is 4.99 Å². The lowest BCUT2D eigenvalue weighted by Gasteiger charge is -2.32. The topological polar surface area (TPSA) is 120 Å². The molecule has 1 aliphatic heterocycles. The maximum Gasteiger partial charge on any atom is 0.185 e. The summed E-state index contributed by atoms with van der Waals surface area (Å²) in [5.74, 6) is 0.0908. The number of hydrogen-bond acceptors (Lipinski definition) is 7. The predicted molar refractivity (Wildman–Crippen MR) is 204 cm³/mol. The minimum absolute atomic E-state index is 0.0908. The summed E-state index contributed by atoms with van der Waals surface area (Å²) in [6, 6.07) is 0. The summed E-state index contributed by atoms with van der Waals surface area (Å²) in [7, 11) is 0. The second-order valence-electron chi connectivity index (χ2n) is 13.8. The lowest BCUT2D eigenvalue weighted by Crippen LogP contribution is -2.41. The molecule has 9 heteroatoms. The molecule has 0 bridgehead atoms. The van der Waals surface area contributed by atoms with Gasteiger partial charge in [-0.25, -0.2) is 0 Å². The van der Waals surface area contributed by atoms with Crippen LogP contribution in [0.5, 0.6) is 0 Å². The Bertz CT molecular complexity index is 737. The van der Waals surface area contributed by atoms with Crippen molar-refractivity contribution in [2.75, 3.05) is 46.6 Å². The van der Waals surface area contributed by atoms with Gasteiger partial charge in [-0.1, -0.05) is 161 Å². The molecule has 0 spiro atoms. The molecule has 4 N–H and O–H groups in total. The van der Waals surface area contributed by atoms with Crippen molar-refractivity contribution in [3.8, 4) is 0 Å². The molecule has 9 nitrogen and oxygen atoms in total. The third kappa shape index (κ3) is 31.3. The zero-order valence-corrected chi connectivity index (χ0v) is 32.1. The molecule has 1 aliphatic rings. The SMILES string of the molecule is CCCCCCCCCCCCCCOCOC[C@H]1O[C@H](OCCCN=C(N)N)C=C[C@@H]1OCOCCCCCCCCCCCCCC. The number of guanidine groups is 1. The van der Waals surface area contributed by atoms with Gasteiger partial charge in [0.1, 0.15) is 25.8 Å². The summed E-state index contributed by atoms with van der Waals surface area (Å²) >= 11 is 0. The second kappa shape index (κ2) is 36.6. The predicted octanol–water partition coefficient (Wildman–Crippen LogP) is 9.70. The minimum atomic E-state index is -0.475. The molecule has 0 aromatic rings. The molecule has 290 valence electrons. The van der Waals surface area contributed by atoms with Gasteiger partial charge in [-0.05, 0) is 25.3 Å². The van der Waals surface area contributed by atoms with E-state index < -0.39 is 6.29 Å². The van der Waals surface area contributed by atoms with Crippen LogP contribution in [0.1, 0.15) is 174 Å². The summed E-state index contributed by atoms with van der Waals surface area (Å²) in [6.07, 6.45) is 35.5. The smallest absolute Gasteiger partial charge is 0.185 e. The van der Waals surface area contributed by atoms with Crippen LogP contribution < -0.4 is 11.5 Å². The molecule has 3 atom stereocenters. The second-order valence-corrected chi connectivity index (χ2v) is 13.8. The van der Waals surface area contributed by atoms with Gasteiger partial charge in [0.15, 0.2) is 12.2 Å². The largest absolute Gasteiger partial charge is 0.370 e. The van der Waals surface area contributed by atoms with Gasteiger partial charge in [0, 0.05) is 19.8 Å². The first-order chi connectivity index (χ1) is 24.2. The first kappa shape index (κ1) is 45.8. The number of rotatable bonds is 38. The molecule has 0 aromatic heterocycles. The summed E-state index contributed by atoms with van der Waals surface area (Å²) in [5, 5.41) is 0. The van der Waals surface area contributed by atoms with Gasteiger partial charge in [0.25, 0.3) is 0 Å². The van der Waals surface area contributed by atoms with E-state index in [4.69, 9.17) is 39.9 Å². The van der Waals surface area contributed by atoms with Crippen molar-refractivity contribution in [1.29, 1.82) is 0 Å². The molecule has 1 heterocycles. The maximum atomic E-state index is 6.17. The average molecular weight is 698 g/mol. The van der Waals surface area contributed by atoms with Gasteiger partial charge in [-0.15, -0.1) is 0 Å². The Balaban J connectivity index is 2.17. The van der Waals surface area contributed by atoms with E-state index in [-0.39, 0.29) is 31.8 Å². The van der Waals surface area contributed by atoms with Crippen molar-refractivity contribution in [1.82, 2.24) is 0 Å². The third-order valence-electron chi connectivity index (χ3n) is 9.09. The van der Waals surface area contributed by atoms with E-state index in [1.807, 2.05) is 12.2 Å². The van der Waals surface area contributed by atoms with Gasteiger partial charge >= 0.3 is 0 Å². The highest BCUT2D eigenvalue weighted by atomic mass is 16.7. The fourth-order valence-electron chi connectivity index (χ4n) is 6.04. The zero-order chi connectivity index (χ0) is 35.3. The molecule has 0 amide bonds. The quantitative estimate of drug-likeness (QED) is 0.0215. The molecule has 0 aromatic carbocycles. The highest BCUT2D eigenvalue weighted by molar-refractivity contribution is 5.75. The average Bonchev–Trinajstić information content (AvgIpc) is 3.10. The van der Waals surface area contributed by atoms with Crippen LogP contribution in [0.15, 0.2) is 17.1 Å². The fraction of sp³-hybridized carbons (Fsp3) is 0.925. The van der Waals surface area contributed by atoms with Crippen LogP contribution in [0.25, 0.3) is 0 Å². The van der Waals surface area contributed by atoms with Crippen LogP contribution in [0.3, 0.4) is 0 Å². The summed E-state index contributed by atoms with van der Waals surface area (Å²) in [5.41, 5.74) is 10.8. The number of nitrogens with zero attached hydrogens (tertiary/aromatic N) is 1.